The third kappa shape index (κ3) is 3.29. The molecule has 1 aromatic rings. The highest BCUT2D eigenvalue weighted by Crippen LogP contribution is 2.33. The highest BCUT2D eigenvalue weighted by molar-refractivity contribution is 5.96. The number of rotatable bonds is 2. The molecule has 146 valence electrons. The van der Waals surface area contributed by atoms with Crippen LogP contribution in [-0.4, -0.2) is 61.5 Å². The van der Waals surface area contributed by atoms with Crippen molar-refractivity contribution in [1.29, 1.82) is 0 Å². The van der Waals surface area contributed by atoms with Crippen molar-refractivity contribution < 1.29 is 18.7 Å². The van der Waals surface area contributed by atoms with E-state index in [2.05, 4.69) is 0 Å². The number of nitrogens with zero attached hydrogens (tertiary/aromatic N) is 2. The molecule has 3 aliphatic rings. The fourth-order valence-electron chi connectivity index (χ4n) is 4.59. The molecule has 2 atom stereocenters. The molecule has 0 unspecified atom stereocenters. The van der Waals surface area contributed by atoms with Crippen LogP contribution in [0.5, 0.6) is 0 Å². The van der Waals surface area contributed by atoms with Gasteiger partial charge >= 0.3 is 5.63 Å². The lowest BCUT2D eigenvalue weighted by Crippen LogP contribution is -2.42. The highest BCUT2D eigenvalue weighted by atomic mass is 16.5. The van der Waals surface area contributed by atoms with Gasteiger partial charge in [0.05, 0.1) is 5.92 Å². The zero-order valence-electron chi connectivity index (χ0n) is 15.9. The van der Waals surface area contributed by atoms with Gasteiger partial charge in [-0.05, 0) is 43.7 Å². The highest BCUT2D eigenvalue weighted by Gasteiger charge is 2.44. The number of hydrogen-bond acceptors (Lipinski definition) is 5. The van der Waals surface area contributed by atoms with Gasteiger partial charge in [-0.25, -0.2) is 4.79 Å². The molecule has 0 aromatic carbocycles. The molecule has 27 heavy (non-hydrogen) atoms. The van der Waals surface area contributed by atoms with Crippen LogP contribution in [0.2, 0.25) is 0 Å². The lowest BCUT2D eigenvalue weighted by molar-refractivity contribution is -0.137. The quantitative estimate of drug-likeness (QED) is 0.782. The third-order valence-electron chi connectivity index (χ3n) is 6.26. The Kier molecular flexibility index (Phi) is 4.80. The van der Waals surface area contributed by atoms with Gasteiger partial charge in [0.15, 0.2) is 0 Å². The topological polar surface area (TPSA) is 80.1 Å². The summed E-state index contributed by atoms with van der Waals surface area (Å²) in [4.78, 5) is 41.4. The van der Waals surface area contributed by atoms with E-state index >= 15 is 0 Å². The van der Waals surface area contributed by atoms with Gasteiger partial charge in [-0.15, -0.1) is 0 Å². The van der Waals surface area contributed by atoms with Crippen LogP contribution in [0.4, 0.5) is 0 Å². The van der Waals surface area contributed by atoms with Gasteiger partial charge in [0, 0.05) is 45.8 Å². The Hall–Kier alpha value is -2.15. The molecule has 0 spiro atoms. The minimum atomic E-state index is -0.570. The fraction of sp³-hybridized carbons (Fsp3) is 0.650. The molecule has 7 nitrogen and oxygen atoms in total. The summed E-state index contributed by atoms with van der Waals surface area (Å²) in [5, 5.41) is 0. The molecule has 1 aromatic heterocycles. The van der Waals surface area contributed by atoms with E-state index in [-0.39, 0.29) is 35.1 Å². The minimum Gasteiger partial charge on any atom is -0.427 e. The van der Waals surface area contributed by atoms with Crippen LogP contribution in [-0.2, 0) is 9.53 Å². The maximum Gasteiger partial charge on any atom is 0.349 e. The van der Waals surface area contributed by atoms with Crippen LogP contribution in [0.3, 0.4) is 0 Å². The number of aryl methyl sites for hydroxylation is 1. The summed E-state index contributed by atoms with van der Waals surface area (Å²) >= 11 is 0. The standard InChI is InChI=1S/C20H26N2O5/c1-12-9-16(13-4-7-26-8-5-13)27-20(25)17(12)19(24)22-10-14-3-6-21(2)18(23)15(14)11-22/h9,13-15H,3-8,10-11H2,1-2H3/t14-,15+/m1/s1. The normalized spacial score (nSPS) is 26.4. The number of piperidine rings is 1. The molecule has 4 rings (SSSR count). The number of ether oxygens (including phenoxy) is 1. The summed E-state index contributed by atoms with van der Waals surface area (Å²) in [7, 11) is 1.80. The molecule has 3 fully saturated rings. The van der Waals surface area contributed by atoms with Crippen molar-refractivity contribution in [1.82, 2.24) is 9.80 Å². The van der Waals surface area contributed by atoms with Gasteiger partial charge in [-0.2, -0.15) is 0 Å². The van der Waals surface area contributed by atoms with E-state index in [1.807, 2.05) is 6.07 Å². The zero-order chi connectivity index (χ0) is 19.1. The Morgan fingerprint density at radius 2 is 1.89 bits per heavy atom. The van der Waals surface area contributed by atoms with Crippen LogP contribution in [0.25, 0.3) is 0 Å². The second-order valence-corrected chi connectivity index (χ2v) is 8.01. The van der Waals surface area contributed by atoms with E-state index in [0.29, 0.717) is 37.6 Å². The van der Waals surface area contributed by atoms with Crippen molar-refractivity contribution in [2.75, 3.05) is 39.9 Å². The summed E-state index contributed by atoms with van der Waals surface area (Å²) in [6.45, 7) is 4.75. The van der Waals surface area contributed by atoms with Crippen molar-refractivity contribution in [3.8, 4) is 0 Å². The van der Waals surface area contributed by atoms with E-state index in [0.717, 1.165) is 25.8 Å². The first-order chi connectivity index (χ1) is 13.0. The number of hydrogen-bond donors (Lipinski definition) is 0. The second kappa shape index (κ2) is 7.11. The molecule has 3 saturated heterocycles. The molecular formula is C20H26N2O5. The maximum absolute atomic E-state index is 13.0. The number of fused-ring (bicyclic) bond motifs is 1. The third-order valence-corrected chi connectivity index (χ3v) is 6.26. The zero-order valence-corrected chi connectivity index (χ0v) is 15.9. The Morgan fingerprint density at radius 1 is 1.15 bits per heavy atom. The maximum atomic E-state index is 13.0. The van der Waals surface area contributed by atoms with Gasteiger partial charge in [0.1, 0.15) is 11.3 Å². The van der Waals surface area contributed by atoms with E-state index in [1.165, 1.54) is 0 Å². The van der Waals surface area contributed by atoms with Crippen molar-refractivity contribution in [2.45, 2.75) is 32.1 Å². The van der Waals surface area contributed by atoms with Gasteiger partial charge < -0.3 is 19.0 Å². The van der Waals surface area contributed by atoms with Crippen molar-refractivity contribution >= 4 is 11.8 Å². The number of likely N-dealkylation sites (tertiary alicyclic amines) is 2. The molecule has 0 bridgehead atoms. The van der Waals surface area contributed by atoms with Crippen LogP contribution in [0.15, 0.2) is 15.3 Å². The smallest absolute Gasteiger partial charge is 0.349 e. The lowest BCUT2D eigenvalue weighted by Gasteiger charge is -2.30. The van der Waals surface area contributed by atoms with Gasteiger partial charge in [-0.1, -0.05) is 0 Å². The van der Waals surface area contributed by atoms with Gasteiger partial charge in [0.2, 0.25) is 5.91 Å². The SMILES string of the molecule is Cc1cc(C2CCOCC2)oc(=O)c1C(=O)N1C[C@H]2CCN(C)C(=O)[C@H]2C1. The van der Waals surface area contributed by atoms with E-state index in [1.54, 1.807) is 23.8 Å². The van der Waals surface area contributed by atoms with Gasteiger partial charge in [0.25, 0.3) is 5.91 Å². The molecule has 2 amide bonds. The van der Waals surface area contributed by atoms with Crippen LogP contribution >= 0.6 is 0 Å². The molecule has 0 saturated carbocycles. The molecule has 0 N–H and O–H groups in total. The Balaban J connectivity index is 1.55. The summed E-state index contributed by atoms with van der Waals surface area (Å²) in [5.74, 6) is 0.624. The first kappa shape index (κ1) is 18.2. The number of carbonyl (C=O) groups excluding carboxylic acids is 2. The average molecular weight is 374 g/mol. The molecule has 3 aliphatic heterocycles. The summed E-state index contributed by atoms with van der Waals surface area (Å²) in [6.07, 6.45) is 2.54. The first-order valence-corrected chi connectivity index (χ1v) is 9.72. The second-order valence-electron chi connectivity index (χ2n) is 8.01. The van der Waals surface area contributed by atoms with Crippen molar-refractivity contribution in [3.05, 3.63) is 33.4 Å². The summed E-state index contributed by atoms with van der Waals surface area (Å²) in [5.41, 5.74) is 0.182. The summed E-state index contributed by atoms with van der Waals surface area (Å²) < 4.78 is 10.9. The largest absolute Gasteiger partial charge is 0.427 e. The molecule has 4 heterocycles. The lowest BCUT2D eigenvalue weighted by atomic mass is 9.88. The van der Waals surface area contributed by atoms with E-state index in [4.69, 9.17) is 9.15 Å². The Bertz CT molecular complexity index is 811. The fourth-order valence-corrected chi connectivity index (χ4v) is 4.59. The molecule has 7 heteroatoms. The molecular weight excluding hydrogens is 348 g/mol. The Labute approximate surface area is 158 Å². The average Bonchev–Trinajstić information content (AvgIpc) is 3.10. The van der Waals surface area contributed by atoms with E-state index in [9.17, 15) is 14.4 Å². The van der Waals surface area contributed by atoms with Crippen LogP contribution < -0.4 is 5.63 Å². The number of amides is 2. The van der Waals surface area contributed by atoms with Crippen molar-refractivity contribution in [2.24, 2.45) is 11.8 Å². The predicted octanol–water partition coefficient (Wildman–Crippen LogP) is 1.39. The number of carbonyl (C=O) groups is 2. The van der Waals surface area contributed by atoms with Gasteiger partial charge in [-0.3, -0.25) is 9.59 Å². The predicted molar refractivity (Wildman–Crippen MR) is 97.6 cm³/mol. The van der Waals surface area contributed by atoms with E-state index < -0.39 is 5.63 Å². The van der Waals surface area contributed by atoms with Crippen LogP contribution in [0, 0.1) is 18.8 Å². The first-order valence-electron chi connectivity index (χ1n) is 9.72. The monoisotopic (exact) mass is 374 g/mol. The summed E-state index contributed by atoms with van der Waals surface area (Å²) in [6, 6.07) is 1.83. The molecule has 0 aliphatic carbocycles. The van der Waals surface area contributed by atoms with Crippen LogP contribution in [0.1, 0.15) is 46.9 Å². The minimum absolute atomic E-state index is 0.0974. The Morgan fingerprint density at radius 3 is 2.59 bits per heavy atom. The molecule has 0 radical (unpaired) electrons. The van der Waals surface area contributed by atoms with Crippen molar-refractivity contribution in [3.63, 3.8) is 0 Å².